The van der Waals surface area contributed by atoms with Crippen LogP contribution >= 0.6 is 0 Å². The normalized spacial score (nSPS) is 13.0. The highest BCUT2D eigenvalue weighted by Crippen LogP contribution is 2.39. The minimum Gasteiger partial charge on any atom is -0.507 e. The monoisotopic (exact) mass is 559 g/mol. The van der Waals surface area contributed by atoms with E-state index in [-0.39, 0.29) is 16.8 Å². The molecule has 3 nitrogen and oxygen atoms in total. The number of carbonyl (C=O) groups excluding carboxylic acids is 1. The topological polar surface area (TPSA) is 46.5 Å². The van der Waals surface area contributed by atoms with Gasteiger partial charge in [-0.15, -0.1) is 0 Å². The summed E-state index contributed by atoms with van der Waals surface area (Å²) in [5, 5.41) is 11.1. The number of ether oxygens (including phenoxy) is 1. The van der Waals surface area contributed by atoms with Crippen LogP contribution in [0.2, 0.25) is 0 Å². The van der Waals surface area contributed by atoms with Crippen molar-refractivity contribution in [2.24, 2.45) is 11.3 Å². The van der Waals surface area contributed by atoms with Crippen LogP contribution in [0.3, 0.4) is 0 Å². The molecule has 1 atom stereocenters. The smallest absolute Gasteiger partial charge is 0.338 e. The minimum atomic E-state index is -0.267. The lowest BCUT2D eigenvalue weighted by Crippen LogP contribution is -2.23. The first-order valence-corrected chi connectivity index (χ1v) is 16.9. The minimum absolute atomic E-state index is 0.132. The quantitative estimate of drug-likeness (QED) is 0.120. The van der Waals surface area contributed by atoms with Crippen LogP contribution in [-0.4, -0.2) is 17.7 Å². The van der Waals surface area contributed by atoms with E-state index in [1.165, 1.54) is 89.9 Å². The molecule has 1 aromatic carbocycles. The third-order valence-corrected chi connectivity index (χ3v) is 8.65. The van der Waals surface area contributed by atoms with Gasteiger partial charge in [0.15, 0.2) is 0 Å². The third kappa shape index (κ3) is 14.9. The molecule has 0 radical (unpaired) electrons. The highest BCUT2D eigenvalue weighted by atomic mass is 16.5. The van der Waals surface area contributed by atoms with Crippen molar-refractivity contribution in [3.8, 4) is 5.75 Å². The Bertz CT molecular complexity index is 812. The van der Waals surface area contributed by atoms with Gasteiger partial charge >= 0.3 is 5.97 Å². The Balaban J connectivity index is 2.36. The van der Waals surface area contributed by atoms with Crippen LogP contribution in [0.15, 0.2) is 12.1 Å². The molecule has 0 bridgehead atoms. The van der Waals surface area contributed by atoms with Crippen LogP contribution in [0.25, 0.3) is 0 Å². The van der Waals surface area contributed by atoms with Gasteiger partial charge in [0.05, 0.1) is 12.2 Å². The van der Waals surface area contributed by atoms with Gasteiger partial charge in [-0.2, -0.15) is 0 Å². The average Bonchev–Trinajstić information content (AvgIpc) is 2.88. The average molecular weight is 559 g/mol. The molecule has 0 aromatic heterocycles. The molecule has 0 spiro atoms. The number of aromatic hydroxyl groups is 1. The summed E-state index contributed by atoms with van der Waals surface area (Å²) in [4.78, 5) is 13.0. The summed E-state index contributed by atoms with van der Waals surface area (Å²) < 4.78 is 5.69. The lowest BCUT2D eigenvalue weighted by Gasteiger charge is -2.31. The van der Waals surface area contributed by atoms with Crippen molar-refractivity contribution in [3.05, 3.63) is 28.8 Å². The SMILES string of the molecule is CCCCCCCCCCCCCCCCCCOC(=O)c1cc(CC(CC)C(C)(C)C)c(O)c(C(C)(C)C)c1. The number of phenols is 1. The fraction of sp³-hybridized carbons (Fsp3) is 0.811. The lowest BCUT2D eigenvalue weighted by molar-refractivity contribution is 0.0497. The first kappa shape index (κ1) is 36.5. The van der Waals surface area contributed by atoms with E-state index < -0.39 is 0 Å². The van der Waals surface area contributed by atoms with Crippen LogP contribution in [0, 0.1) is 11.3 Å². The van der Waals surface area contributed by atoms with E-state index >= 15 is 0 Å². The van der Waals surface area contributed by atoms with Crippen LogP contribution in [0.5, 0.6) is 5.75 Å². The molecule has 3 heteroatoms. The van der Waals surface area contributed by atoms with Crippen LogP contribution in [-0.2, 0) is 16.6 Å². The molecule has 0 aliphatic heterocycles. The number of esters is 1. The Hall–Kier alpha value is -1.51. The Labute approximate surface area is 249 Å². The molecule has 40 heavy (non-hydrogen) atoms. The summed E-state index contributed by atoms with van der Waals surface area (Å²) in [5.74, 6) is 0.490. The summed E-state index contributed by atoms with van der Waals surface area (Å²) in [6.07, 6.45) is 23.1. The molecule has 0 saturated carbocycles. The highest BCUT2D eigenvalue weighted by Gasteiger charge is 2.28. The van der Waals surface area contributed by atoms with E-state index in [1.807, 2.05) is 12.1 Å². The number of carbonyl (C=O) groups is 1. The number of rotatable bonds is 21. The fourth-order valence-corrected chi connectivity index (χ4v) is 5.77. The molecular formula is C37H66O3. The van der Waals surface area contributed by atoms with Gasteiger partial charge in [0.1, 0.15) is 5.75 Å². The molecule has 0 saturated heterocycles. The van der Waals surface area contributed by atoms with Gasteiger partial charge in [-0.05, 0) is 47.3 Å². The van der Waals surface area contributed by atoms with Crippen molar-refractivity contribution in [2.75, 3.05) is 6.61 Å². The summed E-state index contributed by atoms with van der Waals surface area (Å²) in [5.41, 5.74) is 2.13. The van der Waals surface area contributed by atoms with Crippen LogP contribution < -0.4 is 0 Å². The Morgan fingerprint density at radius 1 is 0.725 bits per heavy atom. The number of hydrogen-bond acceptors (Lipinski definition) is 3. The van der Waals surface area contributed by atoms with Crippen molar-refractivity contribution in [2.45, 2.75) is 176 Å². The van der Waals surface area contributed by atoms with Gasteiger partial charge in [-0.1, -0.05) is 158 Å². The van der Waals surface area contributed by atoms with Crippen molar-refractivity contribution >= 4 is 5.97 Å². The molecule has 1 unspecified atom stereocenters. The maximum Gasteiger partial charge on any atom is 0.338 e. The van der Waals surface area contributed by atoms with Crippen molar-refractivity contribution < 1.29 is 14.6 Å². The first-order valence-electron chi connectivity index (χ1n) is 16.9. The third-order valence-electron chi connectivity index (χ3n) is 8.65. The zero-order chi connectivity index (χ0) is 30.0. The fourth-order valence-electron chi connectivity index (χ4n) is 5.77. The van der Waals surface area contributed by atoms with Crippen molar-refractivity contribution in [3.63, 3.8) is 0 Å². The van der Waals surface area contributed by atoms with Crippen LogP contribution in [0.1, 0.15) is 186 Å². The maximum atomic E-state index is 13.0. The molecule has 0 aliphatic rings. The summed E-state index contributed by atoms with van der Waals surface area (Å²) in [6, 6.07) is 3.71. The lowest BCUT2D eigenvalue weighted by atomic mass is 9.74. The highest BCUT2D eigenvalue weighted by molar-refractivity contribution is 5.90. The molecule has 232 valence electrons. The molecule has 0 amide bonds. The number of phenolic OH excluding ortho intramolecular Hbond substituents is 1. The zero-order valence-corrected chi connectivity index (χ0v) is 27.9. The van der Waals surface area contributed by atoms with Gasteiger partial charge in [0.25, 0.3) is 0 Å². The second-order valence-electron chi connectivity index (χ2n) is 14.4. The molecule has 0 heterocycles. The van der Waals surface area contributed by atoms with E-state index in [4.69, 9.17) is 4.74 Å². The molecule has 0 aliphatic carbocycles. The molecule has 1 aromatic rings. The zero-order valence-electron chi connectivity index (χ0n) is 27.9. The van der Waals surface area contributed by atoms with Gasteiger partial charge in [0, 0.05) is 5.56 Å². The summed E-state index contributed by atoms with van der Waals surface area (Å²) >= 11 is 0. The Morgan fingerprint density at radius 3 is 1.57 bits per heavy atom. The van der Waals surface area contributed by atoms with Gasteiger partial charge in [-0.3, -0.25) is 0 Å². The Kier molecular flexibility index (Phi) is 17.9. The predicted octanol–water partition coefficient (Wildman–Crippen LogP) is 11.7. The second-order valence-corrected chi connectivity index (χ2v) is 14.4. The summed E-state index contributed by atoms with van der Waals surface area (Å²) in [7, 11) is 0. The van der Waals surface area contributed by atoms with Crippen molar-refractivity contribution in [1.82, 2.24) is 0 Å². The van der Waals surface area contributed by atoms with Crippen LogP contribution in [0.4, 0.5) is 0 Å². The molecule has 0 fully saturated rings. The molecule has 1 rings (SSSR count). The van der Waals surface area contributed by atoms with E-state index in [9.17, 15) is 9.90 Å². The predicted molar refractivity (Wildman–Crippen MR) is 174 cm³/mol. The number of unbranched alkanes of at least 4 members (excludes halogenated alkanes) is 15. The number of hydrogen-bond donors (Lipinski definition) is 1. The number of benzene rings is 1. The van der Waals surface area contributed by atoms with Gasteiger partial charge < -0.3 is 9.84 Å². The van der Waals surface area contributed by atoms with E-state index in [1.54, 1.807) is 0 Å². The molecular weight excluding hydrogens is 492 g/mol. The van der Waals surface area contributed by atoms with Crippen molar-refractivity contribution in [1.29, 1.82) is 0 Å². The summed E-state index contributed by atoms with van der Waals surface area (Å²) in [6.45, 7) is 17.9. The van der Waals surface area contributed by atoms with Gasteiger partial charge in [0.2, 0.25) is 0 Å². The van der Waals surface area contributed by atoms with E-state index in [0.717, 1.165) is 36.8 Å². The molecule has 1 N–H and O–H groups in total. The van der Waals surface area contributed by atoms with E-state index in [2.05, 4.69) is 55.4 Å². The maximum absolute atomic E-state index is 13.0. The van der Waals surface area contributed by atoms with E-state index in [0.29, 0.717) is 23.8 Å². The second kappa shape index (κ2) is 19.6. The largest absolute Gasteiger partial charge is 0.507 e. The van der Waals surface area contributed by atoms with Gasteiger partial charge in [-0.25, -0.2) is 4.79 Å². The standard InChI is InChI=1S/C37H66O3/c1-9-11-12-13-14-15-16-17-18-19-20-21-22-23-24-25-26-40-35(39)31-27-30(28-32(10-2)36(3,4)5)34(38)33(29-31)37(6,7)8/h27,29,32,38H,9-26,28H2,1-8H3. The Morgan fingerprint density at radius 2 is 1.18 bits per heavy atom. The first-order chi connectivity index (χ1) is 18.9.